The molecule has 1 aromatic carbocycles. The lowest BCUT2D eigenvalue weighted by molar-refractivity contribution is -0.385. The van der Waals surface area contributed by atoms with Gasteiger partial charge in [0.1, 0.15) is 0 Å². The van der Waals surface area contributed by atoms with E-state index in [9.17, 15) is 10.1 Å². The van der Waals surface area contributed by atoms with Crippen molar-refractivity contribution in [3.63, 3.8) is 0 Å². The van der Waals surface area contributed by atoms with Crippen molar-refractivity contribution >= 4 is 17.4 Å². The molecule has 1 aliphatic heterocycles. The molecule has 104 valence electrons. The summed E-state index contributed by atoms with van der Waals surface area (Å²) in [5.41, 5.74) is 1.05. The molecule has 1 N–H and O–H groups in total. The zero-order chi connectivity index (χ0) is 13.5. The SMILES string of the molecule is O=[N+]([O-])c1ccccc1CCNCC1CCSCC1. The molecule has 0 unspecified atom stereocenters. The molecule has 1 heterocycles. The molecule has 0 aromatic heterocycles. The standard InChI is InChI=1S/C14H20N2O2S/c17-16(18)14-4-2-1-3-13(14)5-8-15-11-12-6-9-19-10-7-12/h1-4,12,15H,5-11H2. The minimum absolute atomic E-state index is 0.235. The predicted octanol–water partition coefficient (Wildman–Crippen LogP) is 2.87. The number of hydrogen-bond donors (Lipinski definition) is 1. The van der Waals surface area contributed by atoms with E-state index in [4.69, 9.17) is 0 Å². The van der Waals surface area contributed by atoms with Gasteiger partial charge in [-0.25, -0.2) is 0 Å². The van der Waals surface area contributed by atoms with E-state index in [-0.39, 0.29) is 10.6 Å². The fourth-order valence-electron chi connectivity index (χ4n) is 2.38. The Morgan fingerprint density at radius 3 is 2.79 bits per heavy atom. The first-order chi connectivity index (χ1) is 9.27. The number of thioether (sulfide) groups is 1. The molecular weight excluding hydrogens is 260 g/mol. The number of para-hydroxylation sites is 1. The highest BCUT2D eigenvalue weighted by molar-refractivity contribution is 7.99. The van der Waals surface area contributed by atoms with Crippen LogP contribution in [0, 0.1) is 16.0 Å². The van der Waals surface area contributed by atoms with Crippen molar-refractivity contribution < 1.29 is 4.92 Å². The normalized spacial score (nSPS) is 16.4. The highest BCUT2D eigenvalue weighted by Crippen LogP contribution is 2.22. The summed E-state index contributed by atoms with van der Waals surface area (Å²) < 4.78 is 0. The van der Waals surface area contributed by atoms with Crippen LogP contribution in [0.2, 0.25) is 0 Å². The fourth-order valence-corrected chi connectivity index (χ4v) is 3.58. The van der Waals surface area contributed by atoms with Crippen LogP contribution < -0.4 is 5.32 Å². The van der Waals surface area contributed by atoms with Gasteiger partial charge in [-0.15, -0.1) is 0 Å². The summed E-state index contributed by atoms with van der Waals surface area (Å²) in [6.45, 7) is 1.86. The Hall–Kier alpha value is -1.07. The molecule has 2 rings (SSSR count). The molecule has 1 fully saturated rings. The Bertz CT molecular complexity index is 420. The molecule has 4 nitrogen and oxygen atoms in total. The number of nitrogens with zero attached hydrogens (tertiary/aromatic N) is 1. The monoisotopic (exact) mass is 280 g/mol. The lowest BCUT2D eigenvalue weighted by Crippen LogP contribution is -2.27. The minimum Gasteiger partial charge on any atom is -0.316 e. The average Bonchev–Trinajstić information content (AvgIpc) is 2.45. The van der Waals surface area contributed by atoms with Crippen molar-refractivity contribution in [2.75, 3.05) is 24.6 Å². The van der Waals surface area contributed by atoms with E-state index < -0.39 is 0 Å². The van der Waals surface area contributed by atoms with E-state index in [0.717, 1.165) is 31.0 Å². The molecule has 1 aliphatic rings. The van der Waals surface area contributed by atoms with Crippen molar-refractivity contribution in [3.05, 3.63) is 39.9 Å². The quantitative estimate of drug-likeness (QED) is 0.494. The van der Waals surface area contributed by atoms with E-state index in [2.05, 4.69) is 5.32 Å². The van der Waals surface area contributed by atoms with Crippen LogP contribution in [0.5, 0.6) is 0 Å². The van der Waals surface area contributed by atoms with Crippen LogP contribution in [0.1, 0.15) is 18.4 Å². The second kappa shape index (κ2) is 7.50. The number of nitro groups is 1. The second-order valence-electron chi connectivity index (χ2n) is 4.90. The van der Waals surface area contributed by atoms with Gasteiger partial charge in [0, 0.05) is 11.6 Å². The largest absolute Gasteiger partial charge is 0.316 e. The molecule has 19 heavy (non-hydrogen) atoms. The maximum atomic E-state index is 10.9. The van der Waals surface area contributed by atoms with E-state index in [1.165, 1.54) is 24.3 Å². The van der Waals surface area contributed by atoms with Gasteiger partial charge in [0.15, 0.2) is 0 Å². The minimum atomic E-state index is -0.298. The maximum absolute atomic E-state index is 10.9. The number of nitro benzene ring substituents is 1. The van der Waals surface area contributed by atoms with Gasteiger partial charge in [-0.05, 0) is 49.8 Å². The summed E-state index contributed by atoms with van der Waals surface area (Å²) in [5, 5.41) is 14.3. The first kappa shape index (κ1) is 14.3. The van der Waals surface area contributed by atoms with Crippen LogP contribution in [0.3, 0.4) is 0 Å². The number of rotatable bonds is 6. The van der Waals surface area contributed by atoms with Crippen LogP contribution in [0.25, 0.3) is 0 Å². The smallest absolute Gasteiger partial charge is 0.272 e. The van der Waals surface area contributed by atoms with Gasteiger partial charge < -0.3 is 5.32 Å². The third-order valence-electron chi connectivity index (χ3n) is 3.53. The maximum Gasteiger partial charge on any atom is 0.272 e. The van der Waals surface area contributed by atoms with Crippen molar-refractivity contribution in [3.8, 4) is 0 Å². The van der Waals surface area contributed by atoms with Gasteiger partial charge in [0.05, 0.1) is 4.92 Å². The number of hydrogen-bond acceptors (Lipinski definition) is 4. The summed E-state index contributed by atoms with van der Waals surface area (Å²) in [4.78, 5) is 10.6. The zero-order valence-electron chi connectivity index (χ0n) is 11.0. The van der Waals surface area contributed by atoms with E-state index in [0.29, 0.717) is 0 Å². The summed E-state index contributed by atoms with van der Waals surface area (Å²) in [5.74, 6) is 3.33. The van der Waals surface area contributed by atoms with Gasteiger partial charge in [0.25, 0.3) is 5.69 Å². The van der Waals surface area contributed by atoms with Gasteiger partial charge >= 0.3 is 0 Å². The highest BCUT2D eigenvalue weighted by atomic mass is 32.2. The van der Waals surface area contributed by atoms with Crippen molar-refractivity contribution in [1.29, 1.82) is 0 Å². The van der Waals surface area contributed by atoms with Gasteiger partial charge in [-0.3, -0.25) is 10.1 Å². The molecule has 0 atom stereocenters. The van der Waals surface area contributed by atoms with Crippen LogP contribution in [-0.2, 0) is 6.42 Å². The Morgan fingerprint density at radius 1 is 1.32 bits per heavy atom. The molecule has 1 aromatic rings. The highest BCUT2D eigenvalue weighted by Gasteiger charge is 2.14. The van der Waals surface area contributed by atoms with Crippen LogP contribution >= 0.6 is 11.8 Å². The Morgan fingerprint density at radius 2 is 2.05 bits per heavy atom. The zero-order valence-corrected chi connectivity index (χ0v) is 11.8. The van der Waals surface area contributed by atoms with Crippen LogP contribution in [0.4, 0.5) is 5.69 Å². The molecule has 1 saturated heterocycles. The first-order valence-electron chi connectivity index (χ1n) is 6.78. The lowest BCUT2D eigenvalue weighted by atomic mass is 10.0. The molecule has 0 spiro atoms. The predicted molar refractivity (Wildman–Crippen MR) is 79.7 cm³/mol. The number of nitrogens with one attached hydrogen (secondary N) is 1. The first-order valence-corrected chi connectivity index (χ1v) is 7.93. The molecule has 0 aliphatic carbocycles. The third-order valence-corrected chi connectivity index (χ3v) is 4.58. The van der Waals surface area contributed by atoms with Gasteiger partial charge in [0.2, 0.25) is 0 Å². The van der Waals surface area contributed by atoms with Gasteiger partial charge in [-0.2, -0.15) is 11.8 Å². The topological polar surface area (TPSA) is 55.2 Å². The Balaban J connectivity index is 1.74. The van der Waals surface area contributed by atoms with E-state index in [1.807, 2.05) is 23.9 Å². The molecular formula is C14H20N2O2S. The average molecular weight is 280 g/mol. The van der Waals surface area contributed by atoms with E-state index >= 15 is 0 Å². The van der Waals surface area contributed by atoms with Crippen molar-refractivity contribution in [2.45, 2.75) is 19.3 Å². The fraction of sp³-hybridized carbons (Fsp3) is 0.571. The van der Waals surface area contributed by atoms with Crippen LogP contribution in [-0.4, -0.2) is 29.5 Å². The Kier molecular flexibility index (Phi) is 5.66. The van der Waals surface area contributed by atoms with Gasteiger partial charge in [-0.1, -0.05) is 18.2 Å². The summed E-state index contributed by atoms with van der Waals surface area (Å²) in [7, 11) is 0. The summed E-state index contributed by atoms with van der Waals surface area (Å²) in [6.07, 6.45) is 3.31. The van der Waals surface area contributed by atoms with Crippen LogP contribution in [0.15, 0.2) is 24.3 Å². The molecule has 0 bridgehead atoms. The third kappa shape index (κ3) is 4.51. The molecule has 0 saturated carbocycles. The number of benzene rings is 1. The van der Waals surface area contributed by atoms with E-state index in [1.54, 1.807) is 12.1 Å². The molecule has 0 amide bonds. The second-order valence-corrected chi connectivity index (χ2v) is 6.12. The Labute approximate surface area is 118 Å². The summed E-state index contributed by atoms with van der Waals surface area (Å²) in [6, 6.07) is 7.00. The molecule has 0 radical (unpaired) electrons. The lowest BCUT2D eigenvalue weighted by Gasteiger charge is -2.21. The van der Waals surface area contributed by atoms with Crippen molar-refractivity contribution in [1.82, 2.24) is 5.32 Å². The van der Waals surface area contributed by atoms with Crippen molar-refractivity contribution in [2.24, 2.45) is 5.92 Å². The summed E-state index contributed by atoms with van der Waals surface area (Å²) >= 11 is 2.04. The molecule has 5 heteroatoms.